The average molecular weight is 195 g/mol. The molecule has 0 spiro atoms. The lowest BCUT2D eigenvalue weighted by atomic mass is 10.2. The summed E-state index contributed by atoms with van der Waals surface area (Å²) in [6.45, 7) is 1.98. The van der Waals surface area contributed by atoms with Crippen LogP contribution in [0.4, 0.5) is 0 Å². The Morgan fingerprint density at radius 1 is 1.64 bits per heavy atom. The number of amides is 2. The maximum atomic E-state index is 11.5. The topological polar surface area (TPSA) is 73.2 Å². The minimum absolute atomic E-state index is 0.00644. The average Bonchev–Trinajstić information content (AvgIpc) is 2.61. The van der Waals surface area contributed by atoms with Gasteiger partial charge in [-0.1, -0.05) is 0 Å². The van der Waals surface area contributed by atoms with E-state index in [1.165, 1.54) is 11.8 Å². The molecule has 1 aliphatic rings. The summed E-state index contributed by atoms with van der Waals surface area (Å²) in [6, 6.07) is 1.77. The highest BCUT2D eigenvalue weighted by molar-refractivity contribution is 5.84. The number of carbonyl (C=O) groups excluding carboxylic acids is 2. The maximum Gasteiger partial charge on any atom is 0.243 e. The molecule has 0 bridgehead atoms. The zero-order chi connectivity index (χ0) is 10.6. The highest BCUT2D eigenvalue weighted by Gasteiger charge is 2.27. The lowest BCUT2D eigenvalue weighted by Gasteiger charge is -2.19. The van der Waals surface area contributed by atoms with Gasteiger partial charge in [-0.15, -0.1) is 0 Å². The fraction of sp³-hybridized carbons (Fsp3) is 0.667. The summed E-state index contributed by atoms with van der Waals surface area (Å²) in [7, 11) is 0. The van der Waals surface area contributed by atoms with Crippen LogP contribution in [-0.2, 0) is 9.59 Å². The van der Waals surface area contributed by atoms with E-state index in [1.54, 1.807) is 0 Å². The molecule has 5 heteroatoms. The number of nitriles is 1. The molecule has 2 amide bonds. The smallest absolute Gasteiger partial charge is 0.243 e. The van der Waals surface area contributed by atoms with Gasteiger partial charge in [-0.3, -0.25) is 9.59 Å². The van der Waals surface area contributed by atoms with Crippen LogP contribution in [0.5, 0.6) is 0 Å². The number of hydrogen-bond acceptors (Lipinski definition) is 3. The van der Waals surface area contributed by atoms with Gasteiger partial charge in [-0.25, -0.2) is 0 Å². The van der Waals surface area contributed by atoms with E-state index in [0.29, 0.717) is 6.54 Å². The molecule has 1 aliphatic heterocycles. The van der Waals surface area contributed by atoms with Gasteiger partial charge >= 0.3 is 0 Å². The highest BCUT2D eigenvalue weighted by atomic mass is 16.2. The maximum absolute atomic E-state index is 11.5. The molecule has 0 aromatic rings. The number of nitrogens with one attached hydrogen (secondary N) is 1. The van der Waals surface area contributed by atoms with Crippen molar-refractivity contribution >= 4 is 11.8 Å². The van der Waals surface area contributed by atoms with E-state index in [9.17, 15) is 9.59 Å². The third-order valence-corrected chi connectivity index (χ3v) is 2.21. The van der Waals surface area contributed by atoms with E-state index >= 15 is 0 Å². The molecule has 5 nitrogen and oxygen atoms in total. The highest BCUT2D eigenvalue weighted by Crippen LogP contribution is 2.15. The van der Waals surface area contributed by atoms with E-state index in [1.807, 2.05) is 0 Å². The summed E-state index contributed by atoms with van der Waals surface area (Å²) in [5.74, 6) is -0.407. The van der Waals surface area contributed by atoms with E-state index in [-0.39, 0.29) is 24.4 Å². The second-order valence-corrected chi connectivity index (χ2v) is 3.28. The lowest BCUT2D eigenvalue weighted by molar-refractivity contribution is -0.132. The fourth-order valence-electron chi connectivity index (χ4n) is 1.50. The molecule has 1 saturated heterocycles. The van der Waals surface area contributed by atoms with Crippen molar-refractivity contribution in [2.75, 3.05) is 13.1 Å². The Hall–Kier alpha value is -1.57. The molecule has 1 heterocycles. The monoisotopic (exact) mass is 195 g/mol. The Labute approximate surface area is 82.7 Å². The molecular formula is C9H13N3O2. The van der Waals surface area contributed by atoms with Gasteiger partial charge in [-0.05, 0) is 12.8 Å². The summed E-state index contributed by atoms with van der Waals surface area (Å²) in [6.07, 6.45) is 1.60. The zero-order valence-corrected chi connectivity index (χ0v) is 8.12. The van der Waals surface area contributed by atoms with Gasteiger partial charge in [0.1, 0.15) is 6.04 Å². The number of nitrogens with zero attached hydrogens (tertiary/aromatic N) is 2. The zero-order valence-electron chi connectivity index (χ0n) is 8.12. The summed E-state index contributed by atoms with van der Waals surface area (Å²) in [5, 5.41) is 11.2. The molecule has 14 heavy (non-hydrogen) atoms. The van der Waals surface area contributed by atoms with Crippen LogP contribution in [0.2, 0.25) is 0 Å². The van der Waals surface area contributed by atoms with Crippen LogP contribution in [0, 0.1) is 11.3 Å². The standard InChI is InChI=1S/C9H13N3O2/c1-7(13)11-6-9(14)12-4-2-3-8(12)5-10/h8H,2-4,6H2,1H3,(H,11,13)/t8-/m1/s1. The van der Waals surface area contributed by atoms with Gasteiger partial charge in [-0.2, -0.15) is 5.26 Å². The molecule has 1 atom stereocenters. The molecule has 0 saturated carbocycles. The first kappa shape index (κ1) is 10.5. The number of hydrogen-bond donors (Lipinski definition) is 1. The molecule has 0 aromatic heterocycles. The second-order valence-electron chi connectivity index (χ2n) is 3.28. The lowest BCUT2D eigenvalue weighted by Crippen LogP contribution is -2.41. The van der Waals surface area contributed by atoms with Gasteiger partial charge in [0.2, 0.25) is 11.8 Å². The van der Waals surface area contributed by atoms with Gasteiger partial charge in [0.25, 0.3) is 0 Å². The Kier molecular flexibility index (Phi) is 3.46. The van der Waals surface area contributed by atoms with E-state index in [4.69, 9.17) is 5.26 Å². The van der Waals surface area contributed by atoms with Crippen molar-refractivity contribution in [3.05, 3.63) is 0 Å². The molecular weight excluding hydrogens is 182 g/mol. The first-order valence-electron chi connectivity index (χ1n) is 4.58. The molecule has 1 fully saturated rings. The van der Waals surface area contributed by atoms with Gasteiger partial charge < -0.3 is 10.2 Å². The van der Waals surface area contributed by atoms with Gasteiger partial charge in [0.15, 0.2) is 0 Å². The van der Waals surface area contributed by atoms with Crippen molar-refractivity contribution in [1.29, 1.82) is 5.26 Å². The van der Waals surface area contributed by atoms with Crippen LogP contribution in [0.15, 0.2) is 0 Å². The molecule has 0 unspecified atom stereocenters. The van der Waals surface area contributed by atoms with Crippen LogP contribution >= 0.6 is 0 Å². The Balaban J connectivity index is 2.44. The van der Waals surface area contributed by atoms with Crippen LogP contribution in [0.1, 0.15) is 19.8 Å². The van der Waals surface area contributed by atoms with Crippen LogP contribution in [0.25, 0.3) is 0 Å². The van der Waals surface area contributed by atoms with Crippen molar-refractivity contribution in [3.63, 3.8) is 0 Å². The van der Waals surface area contributed by atoms with Crippen molar-refractivity contribution < 1.29 is 9.59 Å². The minimum Gasteiger partial charge on any atom is -0.347 e. The Bertz CT molecular complexity index is 282. The number of rotatable bonds is 2. The largest absolute Gasteiger partial charge is 0.347 e. The molecule has 1 rings (SSSR count). The van der Waals surface area contributed by atoms with Crippen molar-refractivity contribution in [3.8, 4) is 6.07 Å². The predicted octanol–water partition coefficient (Wildman–Crippen LogP) is -0.363. The molecule has 0 aliphatic carbocycles. The van der Waals surface area contributed by atoms with Crippen molar-refractivity contribution in [1.82, 2.24) is 10.2 Å². The van der Waals surface area contributed by atoms with E-state index in [2.05, 4.69) is 11.4 Å². The van der Waals surface area contributed by atoms with Crippen molar-refractivity contribution in [2.45, 2.75) is 25.8 Å². The molecule has 1 N–H and O–H groups in total. The molecule has 76 valence electrons. The fourth-order valence-corrected chi connectivity index (χ4v) is 1.50. The normalized spacial score (nSPS) is 20.3. The second kappa shape index (κ2) is 4.61. The van der Waals surface area contributed by atoms with E-state index < -0.39 is 0 Å². The van der Waals surface area contributed by atoms with Crippen LogP contribution in [-0.4, -0.2) is 35.8 Å². The predicted molar refractivity (Wildman–Crippen MR) is 49.0 cm³/mol. The van der Waals surface area contributed by atoms with Gasteiger partial charge in [0, 0.05) is 13.5 Å². The van der Waals surface area contributed by atoms with Crippen LogP contribution in [0.3, 0.4) is 0 Å². The van der Waals surface area contributed by atoms with Crippen LogP contribution < -0.4 is 5.32 Å². The molecule has 0 aromatic carbocycles. The Morgan fingerprint density at radius 2 is 2.36 bits per heavy atom. The third-order valence-electron chi connectivity index (χ3n) is 2.21. The Morgan fingerprint density at radius 3 is 2.93 bits per heavy atom. The number of likely N-dealkylation sites (tertiary alicyclic amines) is 1. The summed E-state index contributed by atoms with van der Waals surface area (Å²) >= 11 is 0. The summed E-state index contributed by atoms with van der Waals surface area (Å²) < 4.78 is 0. The van der Waals surface area contributed by atoms with Gasteiger partial charge in [0.05, 0.1) is 12.6 Å². The van der Waals surface area contributed by atoms with E-state index in [0.717, 1.165) is 12.8 Å². The summed E-state index contributed by atoms with van der Waals surface area (Å²) in [5.41, 5.74) is 0. The summed E-state index contributed by atoms with van der Waals surface area (Å²) in [4.78, 5) is 23.6. The SMILES string of the molecule is CC(=O)NCC(=O)N1CCC[C@@H]1C#N. The first-order chi connectivity index (χ1) is 6.65. The number of carbonyl (C=O) groups is 2. The third kappa shape index (κ3) is 2.46. The molecule has 0 radical (unpaired) electrons. The quantitative estimate of drug-likeness (QED) is 0.653. The van der Waals surface area contributed by atoms with Crippen molar-refractivity contribution in [2.24, 2.45) is 0 Å². The first-order valence-corrected chi connectivity index (χ1v) is 4.58. The minimum atomic E-state index is -0.309.